The number of fused-ring (bicyclic) bond motifs is 1. The van der Waals surface area contributed by atoms with Crippen molar-refractivity contribution in [1.82, 2.24) is 9.66 Å². The average Bonchev–Trinajstić information content (AvgIpc) is 2.92. The minimum Gasteiger partial charge on any atom is -0.273 e. The zero-order valence-electron chi connectivity index (χ0n) is 11.9. The molecule has 4 nitrogen and oxygen atoms in total. The van der Waals surface area contributed by atoms with Crippen LogP contribution in [0.2, 0.25) is 0 Å². The Morgan fingerprint density at radius 2 is 1.86 bits per heavy atom. The van der Waals surface area contributed by atoms with Crippen LogP contribution >= 0.6 is 0 Å². The van der Waals surface area contributed by atoms with Crippen LogP contribution in [0.1, 0.15) is 24.8 Å². The molecule has 0 bridgehead atoms. The van der Waals surface area contributed by atoms with Crippen molar-refractivity contribution in [2.45, 2.75) is 19.3 Å². The third kappa shape index (κ3) is 2.65. The molecule has 0 radical (unpaired) electrons. The Bertz CT molecular complexity index is 749. The van der Waals surface area contributed by atoms with Gasteiger partial charge in [-0.1, -0.05) is 49.4 Å². The lowest BCUT2D eigenvalue weighted by Crippen LogP contribution is -2.27. The highest BCUT2D eigenvalue weighted by Crippen LogP contribution is 2.20. The monoisotopic (exact) mass is 279 g/mol. The largest absolute Gasteiger partial charge is 0.273 e. The lowest BCUT2D eigenvalue weighted by Gasteiger charge is -2.16. The van der Waals surface area contributed by atoms with E-state index in [1.165, 1.54) is 0 Å². The van der Waals surface area contributed by atoms with E-state index in [1.54, 1.807) is 11.0 Å². The van der Waals surface area contributed by atoms with E-state index < -0.39 is 0 Å². The van der Waals surface area contributed by atoms with Gasteiger partial charge >= 0.3 is 0 Å². The number of imidazole rings is 1. The van der Waals surface area contributed by atoms with Gasteiger partial charge in [0.25, 0.3) is 0 Å². The number of amides is 1. The topological polar surface area (TPSA) is 46.9 Å². The van der Waals surface area contributed by atoms with Gasteiger partial charge in [-0.15, -0.1) is 0 Å². The van der Waals surface area contributed by atoms with Crippen LogP contribution in [-0.2, 0) is 4.79 Å². The summed E-state index contributed by atoms with van der Waals surface area (Å²) in [7, 11) is 0. The Balaban J connectivity index is 1.85. The fourth-order valence-electron chi connectivity index (χ4n) is 2.50. The third-order valence-corrected chi connectivity index (χ3v) is 3.61. The van der Waals surface area contributed by atoms with Crippen LogP contribution < -0.4 is 5.43 Å². The van der Waals surface area contributed by atoms with Gasteiger partial charge in [0.15, 0.2) is 0 Å². The van der Waals surface area contributed by atoms with Crippen molar-refractivity contribution in [2.75, 3.05) is 5.43 Å². The number of aromatic nitrogens is 2. The SMILES string of the molecule is CCC(C(=O)Nn1cnc2ccccc21)c1ccccc1. The summed E-state index contributed by atoms with van der Waals surface area (Å²) in [6.45, 7) is 2.02. The Labute approximate surface area is 123 Å². The average molecular weight is 279 g/mol. The highest BCUT2D eigenvalue weighted by Gasteiger charge is 2.19. The summed E-state index contributed by atoms with van der Waals surface area (Å²) >= 11 is 0. The summed E-state index contributed by atoms with van der Waals surface area (Å²) < 4.78 is 1.68. The lowest BCUT2D eigenvalue weighted by atomic mass is 9.96. The van der Waals surface area contributed by atoms with E-state index in [4.69, 9.17) is 0 Å². The number of benzene rings is 2. The quantitative estimate of drug-likeness (QED) is 0.796. The van der Waals surface area contributed by atoms with Crippen molar-refractivity contribution in [1.29, 1.82) is 0 Å². The highest BCUT2D eigenvalue weighted by atomic mass is 16.2. The van der Waals surface area contributed by atoms with E-state index in [2.05, 4.69) is 10.4 Å². The molecule has 0 aliphatic rings. The van der Waals surface area contributed by atoms with Crippen LogP contribution in [0, 0.1) is 0 Å². The van der Waals surface area contributed by atoms with E-state index in [0.29, 0.717) is 0 Å². The van der Waals surface area contributed by atoms with Crippen LogP contribution in [0.4, 0.5) is 0 Å². The predicted octanol–water partition coefficient (Wildman–Crippen LogP) is 3.30. The first kappa shape index (κ1) is 13.4. The van der Waals surface area contributed by atoms with Gasteiger partial charge in [-0.2, -0.15) is 0 Å². The maximum absolute atomic E-state index is 12.5. The lowest BCUT2D eigenvalue weighted by molar-refractivity contribution is -0.118. The highest BCUT2D eigenvalue weighted by molar-refractivity contribution is 5.91. The number of hydrogen-bond acceptors (Lipinski definition) is 2. The Hall–Kier alpha value is -2.62. The second-order valence-electron chi connectivity index (χ2n) is 4.95. The first-order valence-corrected chi connectivity index (χ1v) is 7.07. The summed E-state index contributed by atoms with van der Waals surface area (Å²) in [6, 6.07) is 17.6. The molecule has 2 aromatic carbocycles. The van der Waals surface area contributed by atoms with Gasteiger partial charge in [0.2, 0.25) is 5.91 Å². The maximum atomic E-state index is 12.5. The maximum Gasteiger partial charge on any atom is 0.246 e. The molecule has 0 saturated heterocycles. The van der Waals surface area contributed by atoms with Crippen LogP contribution in [0.5, 0.6) is 0 Å². The molecule has 1 amide bonds. The fourth-order valence-corrected chi connectivity index (χ4v) is 2.50. The van der Waals surface area contributed by atoms with Crippen LogP contribution in [-0.4, -0.2) is 15.6 Å². The Morgan fingerprint density at radius 3 is 2.62 bits per heavy atom. The van der Waals surface area contributed by atoms with Crippen LogP contribution in [0.3, 0.4) is 0 Å². The van der Waals surface area contributed by atoms with Gasteiger partial charge in [-0.05, 0) is 24.1 Å². The normalized spacial score (nSPS) is 12.2. The van der Waals surface area contributed by atoms with Crippen molar-refractivity contribution in [3.8, 4) is 0 Å². The molecule has 106 valence electrons. The molecule has 0 fully saturated rings. The zero-order valence-corrected chi connectivity index (χ0v) is 11.9. The number of rotatable bonds is 4. The smallest absolute Gasteiger partial charge is 0.246 e. The summed E-state index contributed by atoms with van der Waals surface area (Å²) in [5.41, 5.74) is 5.72. The Morgan fingerprint density at radius 1 is 1.14 bits per heavy atom. The molecule has 1 N–H and O–H groups in total. The summed E-state index contributed by atoms with van der Waals surface area (Å²) in [5.74, 6) is -0.181. The molecule has 1 unspecified atom stereocenters. The van der Waals surface area contributed by atoms with Crippen molar-refractivity contribution in [2.24, 2.45) is 0 Å². The second kappa shape index (κ2) is 5.79. The van der Waals surface area contributed by atoms with Crippen molar-refractivity contribution >= 4 is 16.9 Å². The molecule has 3 rings (SSSR count). The van der Waals surface area contributed by atoms with Gasteiger partial charge in [0, 0.05) is 0 Å². The van der Waals surface area contributed by atoms with Crippen LogP contribution in [0.15, 0.2) is 60.9 Å². The molecule has 21 heavy (non-hydrogen) atoms. The fraction of sp³-hybridized carbons (Fsp3) is 0.176. The minimum absolute atomic E-state index is 0.0214. The molecule has 0 aliphatic carbocycles. The molecule has 1 atom stereocenters. The number of para-hydroxylation sites is 2. The van der Waals surface area contributed by atoms with Crippen molar-refractivity contribution < 1.29 is 4.79 Å². The van der Waals surface area contributed by atoms with Crippen molar-refractivity contribution in [3.05, 3.63) is 66.5 Å². The molecular weight excluding hydrogens is 262 g/mol. The molecule has 0 aliphatic heterocycles. The number of nitrogens with one attached hydrogen (secondary N) is 1. The first-order chi connectivity index (χ1) is 10.3. The summed E-state index contributed by atoms with van der Waals surface area (Å²) in [5, 5.41) is 0. The predicted molar refractivity (Wildman–Crippen MR) is 83.6 cm³/mol. The molecule has 0 spiro atoms. The Kier molecular flexibility index (Phi) is 3.69. The van der Waals surface area contributed by atoms with Gasteiger partial charge in [0.1, 0.15) is 6.33 Å². The summed E-state index contributed by atoms with van der Waals surface area (Å²) in [6.07, 6.45) is 2.39. The van der Waals surface area contributed by atoms with E-state index >= 15 is 0 Å². The number of carbonyl (C=O) groups is 1. The first-order valence-electron chi connectivity index (χ1n) is 7.07. The van der Waals surface area contributed by atoms with E-state index in [9.17, 15) is 4.79 Å². The number of hydrogen-bond donors (Lipinski definition) is 1. The van der Waals surface area contributed by atoms with Gasteiger partial charge < -0.3 is 0 Å². The molecular formula is C17H17N3O. The van der Waals surface area contributed by atoms with Gasteiger partial charge in [-0.25, -0.2) is 9.66 Å². The second-order valence-corrected chi connectivity index (χ2v) is 4.95. The molecule has 3 aromatic rings. The van der Waals surface area contributed by atoms with Gasteiger partial charge in [0.05, 0.1) is 17.0 Å². The van der Waals surface area contributed by atoms with Gasteiger partial charge in [-0.3, -0.25) is 10.2 Å². The molecule has 4 heteroatoms. The minimum atomic E-state index is -0.160. The van der Waals surface area contributed by atoms with E-state index in [0.717, 1.165) is 23.0 Å². The van der Waals surface area contributed by atoms with E-state index in [1.807, 2.05) is 61.5 Å². The zero-order chi connectivity index (χ0) is 14.7. The van der Waals surface area contributed by atoms with E-state index in [-0.39, 0.29) is 11.8 Å². The number of carbonyl (C=O) groups excluding carboxylic acids is 1. The third-order valence-electron chi connectivity index (χ3n) is 3.61. The standard InChI is InChI=1S/C17H17N3O/c1-2-14(13-8-4-3-5-9-13)17(21)19-20-12-18-15-10-6-7-11-16(15)20/h3-12,14H,2H2,1H3,(H,19,21). The van der Waals surface area contributed by atoms with Crippen molar-refractivity contribution in [3.63, 3.8) is 0 Å². The molecule has 0 saturated carbocycles. The molecule has 1 heterocycles. The number of nitrogens with zero attached hydrogens (tertiary/aromatic N) is 2. The molecule has 1 aromatic heterocycles. The summed E-state index contributed by atoms with van der Waals surface area (Å²) in [4.78, 5) is 16.8. The van der Waals surface area contributed by atoms with Crippen LogP contribution in [0.25, 0.3) is 11.0 Å².